The highest BCUT2D eigenvalue weighted by Crippen LogP contribution is 2.30. The van der Waals surface area contributed by atoms with Gasteiger partial charge in [-0.1, -0.05) is 12.8 Å². The van der Waals surface area contributed by atoms with Crippen molar-refractivity contribution in [1.82, 2.24) is 4.90 Å². The Morgan fingerprint density at radius 3 is 2.39 bits per heavy atom. The molecular formula is C14H19NO3. The van der Waals surface area contributed by atoms with Crippen LogP contribution in [-0.2, 0) is 0 Å². The van der Waals surface area contributed by atoms with Gasteiger partial charge in [-0.25, -0.2) is 0 Å². The van der Waals surface area contributed by atoms with Crippen molar-refractivity contribution in [3.8, 4) is 5.75 Å². The molecule has 1 aromatic carbocycles. The summed E-state index contributed by atoms with van der Waals surface area (Å²) in [5.74, 6) is 0.0129. The molecule has 2 rings (SSSR count). The van der Waals surface area contributed by atoms with E-state index in [-0.39, 0.29) is 11.7 Å². The number of benzene rings is 1. The molecule has 4 nitrogen and oxygen atoms in total. The number of likely N-dealkylation sites (N-methyl/N-ethyl adjacent to an activating group) is 1. The van der Waals surface area contributed by atoms with Crippen LogP contribution in [0.15, 0.2) is 24.3 Å². The standard InChI is InChI=1S/C14H19NO3/c1-15(10-14(18)8-2-3-9-14)13(17)11-4-6-12(16)7-5-11/h4-7,16,18H,2-3,8-10H2,1H3. The van der Waals surface area contributed by atoms with Gasteiger partial charge in [0.25, 0.3) is 5.91 Å². The smallest absolute Gasteiger partial charge is 0.253 e. The second-order valence-corrected chi connectivity index (χ2v) is 5.14. The predicted molar refractivity (Wildman–Crippen MR) is 68.5 cm³/mol. The van der Waals surface area contributed by atoms with Gasteiger partial charge in [-0.15, -0.1) is 0 Å². The third kappa shape index (κ3) is 2.82. The van der Waals surface area contributed by atoms with Crippen molar-refractivity contribution in [3.63, 3.8) is 0 Å². The Bertz CT molecular complexity index is 421. The van der Waals surface area contributed by atoms with Crippen LogP contribution in [0.25, 0.3) is 0 Å². The van der Waals surface area contributed by atoms with Crippen LogP contribution < -0.4 is 0 Å². The first-order valence-corrected chi connectivity index (χ1v) is 6.27. The van der Waals surface area contributed by atoms with Crippen LogP contribution in [0, 0.1) is 0 Å². The lowest BCUT2D eigenvalue weighted by atomic mass is 10.0. The summed E-state index contributed by atoms with van der Waals surface area (Å²) in [4.78, 5) is 13.7. The van der Waals surface area contributed by atoms with Crippen molar-refractivity contribution in [2.24, 2.45) is 0 Å². The second-order valence-electron chi connectivity index (χ2n) is 5.14. The fraction of sp³-hybridized carbons (Fsp3) is 0.500. The van der Waals surface area contributed by atoms with E-state index in [1.54, 1.807) is 24.1 Å². The SMILES string of the molecule is CN(CC1(O)CCCC1)C(=O)c1ccc(O)cc1. The first-order valence-electron chi connectivity index (χ1n) is 6.27. The number of aliphatic hydroxyl groups is 1. The lowest BCUT2D eigenvalue weighted by Gasteiger charge is -2.28. The molecule has 0 aromatic heterocycles. The number of hydrogen-bond donors (Lipinski definition) is 2. The number of phenolic OH excluding ortho intramolecular Hbond substituents is 1. The summed E-state index contributed by atoms with van der Waals surface area (Å²) in [6.07, 6.45) is 3.58. The van der Waals surface area contributed by atoms with Gasteiger partial charge in [0, 0.05) is 19.2 Å². The Morgan fingerprint density at radius 2 is 1.83 bits per heavy atom. The van der Waals surface area contributed by atoms with Gasteiger partial charge < -0.3 is 15.1 Å². The van der Waals surface area contributed by atoms with E-state index in [1.807, 2.05) is 0 Å². The molecule has 1 fully saturated rings. The number of carbonyl (C=O) groups is 1. The summed E-state index contributed by atoms with van der Waals surface area (Å²) in [5.41, 5.74) is -0.196. The first-order chi connectivity index (χ1) is 8.50. The van der Waals surface area contributed by atoms with E-state index in [0.29, 0.717) is 12.1 Å². The van der Waals surface area contributed by atoms with E-state index >= 15 is 0 Å². The quantitative estimate of drug-likeness (QED) is 0.858. The lowest BCUT2D eigenvalue weighted by Crippen LogP contribution is -2.42. The zero-order chi connectivity index (χ0) is 13.2. The van der Waals surface area contributed by atoms with Crippen LogP contribution in [0.3, 0.4) is 0 Å². The number of rotatable bonds is 3. The van der Waals surface area contributed by atoms with E-state index in [0.717, 1.165) is 25.7 Å². The zero-order valence-corrected chi connectivity index (χ0v) is 10.6. The molecule has 1 aliphatic carbocycles. The third-order valence-corrected chi connectivity index (χ3v) is 3.53. The second kappa shape index (κ2) is 4.98. The Hall–Kier alpha value is -1.55. The van der Waals surface area contributed by atoms with Gasteiger partial charge in [0.2, 0.25) is 0 Å². The van der Waals surface area contributed by atoms with Gasteiger partial charge in [-0.05, 0) is 37.1 Å². The molecule has 18 heavy (non-hydrogen) atoms. The highest BCUT2D eigenvalue weighted by Gasteiger charge is 2.33. The summed E-state index contributed by atoms with van der Waals surface area (Å²) in [7, 11) is 1.70. The van der Waals surface area contributed by atoms with Crippen LogP contribution in [0.1, 0.15) is 36.0 Å². The van der Waals surface area contributed by atoms with Crippen LogP contribution in [0.4, 0.5) is 0 Å². The number of carbonyl (C=O) groups excluding carboxylic acids is 1. The van der Waals surface area contributed by atoms with E-state index in [4.69, 9.17) is 0 Å². The molecule has 1 saturated carbocycles. The van der Waals surface area contributed by atoms with Gasteiger partial charge in [0.05, 0.1) is 5.60 Å². The molecule has 1 amide bonds. The number of amides is 1. The molecule has 0 spiro atoms. The number of phenols is 1. The average molecular weight is 249 g/mol. The molecule has 0 unspecified atom stereocenters. The summed E-state index contributed by atoms with van der Waals surface area (Å²) in [5, 5.41) is 19.5. The average Bonchev–Trinajstić information content (AvgIpc) is 2.76. The van der Waals surface area contributed by atoms with Crippen molar-refractivity contribution >= 4 is 5.91 Å². The minimum atomic E-state index is -0.721. The van der Waals surface area contributed by atoms with Crippen molar-refractivity contribution in [1.29, 1.82) is 0 Å². The maximum Gasteiger partial charge on any atom is 0.253 e. The molecule has 0 bridgehead atoms. The molecule has 0 aliphatic heterocycles. The van der Waals surface area contributed by atoms with E-state index in [9.17, 15) is 15.0 Å². The van der Waals surface area contributed by atoms with Gasteiger partial charge >= 0.3 is 0 Å². The van der Waals surface area contributed by atoms with Gasteiger partial charge in [-0.3, -0.25) is 4.79 Å². The minimum absolute atomic E-state index is 0.129. The summed E-state index contributed by atoms with van der Waals surface area (Å²) in [6.45, 7) is 0.368. The monoisotopic (exact) mass is 249 g/mol. The van der Waals surface area contributed by atoms with E-state index in [2.05, 4.69) is 0 Å². The highest BCUT2D eigenvalue weighted by atomic mass is 16.3. The Labute approximate surface area is 107 Å². The fourth-order valence-corrected chi connectivity index (χ4v) is 2.53. The van der Waals surface area contributed by atoms with Gasteiger partial charge in [-0.2, -0.15) is 0 Å². The molecule has 0 atom stereocenters. The van der Waals surface area contributed by atoms with Crippen molar-refractivity contribution < 1.29 is 15.0 Å². The summed E-state index contributed by atoms with van der Waals surface area (Å²) in [6, 6.07) is 6.16. The third-order valence-electron chi connectivity index (χ3n) is 3.53. The maximum absolute atomic E-state index is 12.1. The Kier molecular flexibility index (Phi) is 3.57. The van der Waals surface area contributed by atoms with Gasteiger partial charge in [0.15, 0.2) is 0 Å². The number of nitrogens with zero attached hydrogens (tertiary/aromatic N) is 1. The molecular weight excluding hydrogens is 230 g/mol. The van der Waals surface area contributed by atoms with Crippen molar-refractivity contribution in [3.05, 3.63) is 29.8 Å². The van der Waals surface area contributed by atoms with Crippen LogP contribution in [0.2, 0.25) is 0 Å². The molecule has 0 heterocycles. The topological polar surface area (TPSA) is 60.8 Å². The molecule has 4 heteroatoms. The highest BCUT2D eigenvalue weighted by molar-refractivity contribution is 5.94. The van der Waals surface area contributed by atoms with Crippen LogP contribution >= 0.6 is 0 Å². The molecule has 1 aromatic rings. The van der Waals surface area contributed by atoms with Gasteiger partial charge in [0.1, 0.15) is 5.75 Å². The molecule has 0 radical (unpaired) electrons. The molecule has 2 N–H and O–H groups in total. The van der Waals surface area contributed by atoms with E-state index < -0.39 is 5.60 Å². The Balaban J connectivity index is 2.02. The van der Waals surface area contributed by atoms with Crippen molar-refractivity contribution in [2.75, 3.05) is 13.6 Å². The van der Waals surface area contributed by atoms with Crippen LogP contribution in [0.5, 0.6) is 5.75 Å². The Morgan fingerprint density at radius 1 is 1.28 bits per heavy atom. The summed E-state index contributed by atoms with van der Waals surface area (Å²) >= 11 is 0. The molecule has 1 aliphatic rings. The lowest BCUT2D eigenvalue weighted by molar-refractivity contribution is 0.0157. The molecule has 98 valence electrons. The summed E-state index contributed by atoms with van der Waals surface area (Å²) < 4.78 is 0. The number of aromatic hydroxyl groups is 1. The van der Waals surface area contributed by atoms with E-state index in [1.165, 1.54) is 12.1 Å². The largest absolute Gasteiger partial charge is 0.508 e. The normalized spacial score (nSPS) is 17.7. The fourth-order valence-electron chi connectivity index (χ4n) is 2.53. The predicted octanol–water partition coefficient (Wildman–Crippen LogP) is 1.77. The maximum atomic E-state index is 12.1. The van der Waals surface area contributed by atoms with Crippen molar-refractivity contribution in [2.45, 2.75) is 31.3 Å². The van der Waals surface area contributed by atoms with Crippen LogP contribution in [-0.4, -0.2) is 40.2 Å². The number of hydrogen-bond acceptors (Lipinski definition) is 3. The first kappa shape index (κ1) is 12.9. The zero-order valence-electron chi connectivity index (χ0n) is 10.6. The molecule has 0 saturated heterocycles. The minimum Gasteiger partial charge on any atom is -0.508 e.